The smallest absolute Gasteiger partial charge is 0.409 e. The van der Waals surface area contributed by atoms with Crippen molar-refractivity contribution in [1.82, 2.24) is 19.8 Å². The van der Waals surface area contributed by atoms with E-state index in [0.29, 0.717) is 12.6 Å². The molecule has 0 aromatic carbocycles. The lowest BCUT2D eigenvalue weighted by Crippen LogP contribution is -2.58. The molecule has 8 heteroatoms. The zero-order valence-corrected chi connectivity index (χ0v) is 19.5. The number of rotatable bonds is 4. The average Bonchev–Trinajstić information content (AvgIpc) is 3.25. The van der Waals surface area contributed by atoms with Gasteiger partial charge in [-0.15, -0.1) is 0 Å². The number of ether oxygens (including phenoxy) is 1. The van der Waals surface area contributed by atoms with Gasteiger partial charge in [0.25, 0.3) is 0 Å². The van der Waals surface area contributed by atoms with Gasteiger partial charge in [-0.25, -0.2) is 14.2 Å². The van der Waals surface area contributed by atoms with Crippen LogP contribution in [0.4, 0.5) is 15.0 Å². The molecule has 0 unspecified atom stereocenters. The summed E-state index contributed by atoms with van der Waals surface area (Å²) >= 11 is 0. The van der Waals surface area contributed by atoms with Crippen LogP contribution in [-0.4, -0.2) is 77.8 Å². The first kappa shape index (κ1) is 22.1. The number of carbonyl (C=O) groups is 1. The molecule has 1 spiro atoms. The predicted molar refractivity (Wildman–Crippen MR) is 125 cm³/mol. The van der Waals surface area contributed by atoms with Gasteiger partial charge >= 0.3 is 6.09 Å². The van der Waals surface area contributed by atoms with Gasteiger partial charge in [0.1, 0.15) is 11.6 Å². The SMILES string of the molecule is CCOC(=O)N1CC2(CC[C@@H](N3CCN(c4ncc(F)cc4-c4cnccc4C)CC3)C2)C1. The Balaban J connectivity index is 1.22. The first-order valence-electron chi connectivity index (χ1n) is 12.0. The molecule has 7 nitrogen and oxygen atoms in total. The maximum absolute atomic E-state index is 14.1. The van der Waals surface area contributed by atoms with Crippen molar-refractivity contribution < 1.29 is 13.9 Å². The van der Waals surface area contributed by atoms with E-state index in [4.69, 9.17) is 4.74 Å². The Labute approximate surface area is 194 Å². The molecular formula is C25H32FN5O2. The third-order valence-electron chi connectivity index (χ3n) is 7.55. The lowest BCUT2D eigenvalue weighted by molar-refractivity contribution is -0.00294. The third-order valence-corrected chi connectivity index (χ3v) is 7.55. The molecule has 0 N–H and O–H groups in total. The number of hydrogen-bond acceptors (Lipinski definition) is 6. The van der Waals surface area contributed by atoms with Crippen molar-refractivity contribution in [2.24, 2.45) is 5.41 Å². The maximum atomic E-state index is 14.1. The Kier molecular flexibility index (Phi) is 5.95. The Bertz CT molecular complexity index is 1020. The molecule has 1 amide bonds. The van der Waals surface area contributed by atoms with Crippen LogP contribution in [-0.2, 0) is 4.74 Å². The van der Waals surface area contributed by atoms with Crippen LogP contribution in [0.3, 0.4) is 0 Å². The Morgan fingerprint density at radius 2 is 2.00 bits per heavy atom. The number of aryl methyl sites for hydroxylation is 1. The number of pyridine rings is 2. The topological polar surface area (TPSA) is 61.8 Å². The summed E-state index contributed by atoms with van der Waals surface area (Å²) in [6.45, 7) is 9.61. The molecule has 3 aliphatic rings. The van der Waals surface area contributed by atoms with Gasteiger partial charge in [-0.3, -0.25) is 9.88 Å². The lowest BCUT2D eigenvalue weighted by atomic mass is 9.78. The average molecular weight is 454 g/mol. The van der Waals surface area contributed by atoms with Crippen LogP contribution in [0, 0.1) is 18.2 Å². The highest BCUT2D eigenvalue weighted by molar-refractivity contribution is 5.77. The summed E-state index contributed by atoms with van der Waals surface area (Å²) in [6, 6.07) is 4.09. The summed E-state index contributed by atoms with van der Waals surface area (Å²) < 4.78 is 19.2. The molecular weight excluding hydrogens is 421 g/mol. The first-order valence-corrected chi connectivity index (χ1v) is 12.0. The van der Waals surface area contributed by atoms with E-state index in [0.717, 1.165) is 68.2 Å². The normalized spacial score (nSPS) is 22.5. The highest BCUT2D eigenvalue weighted by atomic mass is 19.1. The monoisotopic (exact) mass is 453 g/mol. The number of aromatic nitrogens is 2. The van der Waals surface area contributed by atoms with Crippen LogP contribution >= 0.6 is 0 Å². The van der Waals surface area contributed by atoms with Gasteiger partial charge in [-0.05, 0) is 50.8 Å². The molecule has 3 fully saturated rings. The van der Waals surface area contributed by atoms with E-state index in [1.54, 1.807) is 18.5 Å². The third kappa shape index (κ3) is 4.28. The van der Waals surface area contributed by atoms with Crippen molar-refractivity contribution in [2.75, 3.05) is 50.8 Å². The van der Waals surface area contributed by atoms with E-state index in [1.165, 1.54) is 19.0 Å². The van der Waals surface area contributed by atoms with Gasteiger partial charge in [0.15, 0.2) is 0 Å². The molecule has 4 heterocycles. The fraction of sp³-hybridized carbons (Fsp3) is 0.560. The van der Waals surface area contributed by atoms with Crippen LogP contribution in [0.15, 0.2) is 30.7 Å². The van der Waals surface area contributed by atoms with Gasteiger partial charge in [0.2, 0.25) is 0 Å². The minimum Gasteiger partial charge on any atom is -0.450 e. The summed E-state index contributed by atoms with van der Waals surface area (Å²) in [6.07, 6.45) is 8.20. The zero-order chi connectivity index (χ0) is 23.0. The molecule has 1 atom stereocenters. The van der Waals surface area contributed by atoms with Crippen LogP contribution < -0.4 is 4.90 Å². The summed E-state index contributed by atoms with van der Waals surface area (Å²) in [4.78, 5) is 27.4. The summed E-state index contributed by atoms with van der Waals surface area (Å²) in [5, 5.41) is 0. The summed E-state index contributed by atoms with van der Waals surface area (Å²) in [7, 11) is 0. The van der Waals surface area contributed by atoms with Crippen molar-refractivity contribution in [2.45, 2.75) is 39.2 Å². The largest absolute Gasteiger partial charge is 0.450 e. The molecule has 1 aliphatic carbocycles. The van der Waals surface area contributed by atoms with E-state index in [-0.39, 0.29) is 17.3 Å². The Morgan fingerprint density at radius 3 is 2.73 bits per heavy atom. The van der Waals surface area contributed by atoms with Gasteiger partial charge in [-0.2, -0.15) is 0 Å². The lowest BCUT2D eigenvalue weighted by Gasteiger charge is -2.48. The molecule has 2 aromatic rings. The van der Waals surface area contributed by atoms with E-state index in [9.17, 15) is 9.18 Å². The van der Waals surface area contributed by atoms with Crippen molar-refractivity contribution in [1.29, 1.82) is 0 Å². The van der Waals surface area contributed by atoms with Gasteiger partial charge < -0.3 is 14.5 Å². The molecule has 176 valence electrons. The summed E-state index contributed by atoms with van der Waals surface area (Å²) in [5.74, 6) is 0.503. The number of piperazine rings is 1. The molecule has 2 saturated heterocycles. The van der Waals surface area contributed by atoms with Crippen molar-refractivity contribution in [3.63, 3.8) is 0 Å². The fourth-order valence-corrected chi connectivity index (χ4v) is 5.81. The minimum atomic E-state index is -0.329. The molecule has 5 rings (SSSR count). The van der Waals surface area contributed by atoms with Crippen molar-refractivity contribution in [3.05, 3.63) is 42.1 Å². The number of amides is 1. The maximum Gasteiger partial charge on any atom is 0.409 e. The number of halogens is 1. The number of carbonyl (C=O) groups excluding carboxylic acids is 1. The zero-order valence-electron chi connectivity index (χ0n) is 19.5. The minimum absolute atomic E-state index is 0.174. The number of likely N-dealkylation sites (tertiary alicyclic amines) is 1. The first-order chi connectivity index (χ1) is 16.0. The molecule has 1 saturated carbocycles. The second kappa shape index (κ2) is 8.89. The fourth-order valence-electron chi connectivity index (χ4n) is 5.81. The van der Waals surface area contributed by atoms with E-state index in [2.05, 4.69) is 19.8 Å². The molecule has 0 bridgehead atoms. The van der Waals surface area contributed by atoms with E-state index in [1.807, 2.05) is 24.8 Å². The standard InChI is InChI=1S/C25H32FN5O2/c1-3-33-24(32)31-16-25(17-31)6-4-20(13-25)29-8-10-30(11-9-29)23-21(12-19(26)14-28-23)22-15-27-7-5-18(22)2/h5,7,12,14-15,20H,3-4,6,8-11,13,16-17H2,1-2H3/t20-/m1/s1. The van der Waals surface area contributed by atoms with Crippen LogP contribution in [0.5, 0.6) is 0 Å². The Hall–Kier alpha value is -2.74. The van der Waals surface area contributed by atoms with Crippen LogP contribution in [0.2, 0.25) is 0 Å². The van der Waals surface area contributed by atoms with Gasteiger partial charge in [0, 0.05) is 74.2 Å². The molecule has 0 radical (unpaired) electrons. The second-order valence-corrected chi connectivity index (χ2v) is 9.69. The molecule has 33 heavy (non-hydrogen) atoms. The van der Waals surface area contributed by atoms with Crippen molar-refractivity contribution >= 4 is 11.9 Å². The number of nitrogens with zero attached hydrogens (tertiary/aromatic N) is 5. The Morgan fingerprint density at radius 1 is 1.21 bits per heavy atom. The van der Waals surface area contributed by atoms with Gasteiger partial charge in [-0.1, -0.05) is 0 Å². The van der Waals surface area contributed by atoms with Crippen LogP contribution in [0.25, 0.3) is 11.1 Å². The quantitative estimate of drug-likeness (QED) is 0.703. The molecule has 2 aromatic heterocycles. The van der Waals surface area contributed by atoms with Crippen molar-refractivity contribution in [3.8, 4) is 11.1 Å². The second-order valence-electron chi connectivity index (χ2n) is 9.69. The summed E-state index contributed by atoms with van der Waals surface area (Å²) in [5.41, 5.74) is 3.07. The predicted octanol–water partition coefficient (Wildman–Crippen LogP) is 3.72. The number of anilines is 1. The highest BCUT2D eigenvalue weighted by Crippen LogP contribution is 2.47. The van der Waals surface area contributed by atoms with E-state index >= 15 is 0 Å². The van der Waals surface area contributed by atoms with E-state index < -0.39 is 0 Å². The van der Waals surface area contributed by atoms with Gasteiger partial charge in [0.05, 0.1) is 12.8 Å². The number of hydrogen-bond donors (Lipinski definition) is 0. The molecule has 2 aliphatic heterocycles. The van der Waals surface area contributed by atoms with Crippen LogP contribution in [0.1, 0.15) is 31.7 Å². The highest BCUT2D eigenvalue weighted by Gasteiger charge is 2.51.